The highest BCUT2D eigenvalue weighted by atomic mass is 16.2. The van der Waals surface area contributed by atoms with Gasteiger partial charge in [-0.1, -0.05) is 12.8 Å². The van der Waals surface area contributed by atoms with Crippen LogP contribution in [0.4, 0.5) is 0 Å². The summed E-state index contributed by atoms with van der Waals surface area (Å²) in [5.74, 6) is -0.253. The van der Waals surface area contributed by atoms with Crippen molar-refractivity contribution in [1.82, 2.24) is 15.5 Å². The molecule has 2 N–H and O–H groups in total. The van der Waals surface area contributed by atoms with E-state index in [4.69, 9.17) is 0 Å². The van der Waals surface area contributed by atoms with Crippen molar-refractivity contribution >= 4 is 17.7 Å². The monoisotopic (exact) mass is 267 g/mol. The van der Waals surface area contributed by atoms with Crippen molar-refractivity contribution < 1.29 is 14.4 Å². The van der Waals surface area contributed by atoms with Crippen molar-refractivity contribution in [2.24, 2.45) is 0 Å². The summed E-state index contributed by atoms with van der Waals surface area (Å²) in [5, 5.41) is 5.69. The molecule has 0 radical (unpaired) electrons. The molecule has 0 aromatic rings. The van der Waals surface area contributed by atoms with Gasteiger partial charge in [-0.25, -0.2) is 0 Å². The Labute approximate surface area is 112 Å². The van der Waals surface area contributed by atoms with Crippen LogP contribution < -0.4 is 10.6 Å². The standard InChI is InChI=1S/C13H21N3O3/c1-9(17)14-6-7-15-11-8-12(18)16(13(11)19)10-4-2-3-5-10/h10-11,15H,2-8H2,1H3,(H,14,17). The number of hydrogen-bond acceptors (Lipinski definition) is 4. The van der Waals surface area contributed by atoms with Crippen molar-refractivity contribution in [1.29, 1.82) is 0 Å². The van der Waals surface area contributed by atoms with Crippen LogP contribution in [0.2, 0.25) is 0 Å². The Morgan fingerprint density at radius 2 is 1.95 bits per heavy atom. The van der Waals surface area contributed by atoms with E-state index in [2.05, 4.69) is 10.6 Å². The third kappa shape index (κ3) is 3.32. The Kier molecular flexibility index (Phi) is 4.52. The summed E-state index contributed by atoms with van der Waals surface area (Å²) in [5.41, 5.74) is 0. The molecule has 1 aliphatic carbocycles. The summed E-state index contributed by atoms with van der Waals surface area (Å²) in [6.45, 7) is 2.42. The number of carbonyl (C=O) groups excluding carboxylic acids is 3. The highest BCUT2D eigenvalue weighted by Crippen LogP contribution is 2.27. The minimum atomic E-state index is -0.415. The van der Waals surface area contributed by atoms with Gasteiger partial charge >= 0.3 is 0 Å². The predicted octanol–water partition coefficient (Wildman–Crippen LogP) is -0.218. The maximum absolute atomic E-state index is 12.2. The lowest BCUT2D eigenvalue weighted by Crippen LogP contribution is -2.44. The molecule has 19 heavy (non-hydrogen) atoms. The van der Waals surface area contributed by atoms with Gasteiger partial charge in [0.25, 0.3) is 0 Å². The third-order valence-electron chi connectivity index (χ3n) is 3.76. The molecule has 1 atom stereocenters. The summed E-state index contributed by atoms with van der Waals surface area (Å²) in [6.07, 6.45) is 4.33. The lowest BCUT2D eigenvalue weighted by molar-refractivity contribution is -0.141. The topological polar surface area (TPSA) is 78.5 Å². The maximum atomic E-state index is 12.2. The van der Waals surface area contributed by atoms with Crippen LogP contribution >= 0.6 is 0 Å². The molecule has 106 valence electrons. The zero-order chi connectivity index (χ0) is 13.8. The van der Waals surface area contributed by atoms with Gasteiger partial charge in [0.1, 0.15) is 0 Å². The minimum Gasteiger partial charge on any atom is -0.355 e. The molecule has 1 unspecified atom stereocenters. The lowest BCUT2D eigenvalue weighted by Gasteiger charge is -2.22. The largest absolute Gasteiger partial charge is 0.355 e. The first-order valence-corrected chi connectivity index (χ1v) is 6.93. The molecular weight excluding hydrogens is 246 g/mol. The molecular formula is C13H21N3O3. The van der Waals surface area contributed by atoms with Crippen LogP contribution in [0.3, 0.4) is 0 Å². The number of rotatable bonds is 5. The minimum absolute atomic E-state index is 0.0612. The van der Waals surface area contributed by atoms with Gasteiger partial charge in [-0.2, -0.15) is 0 Å². The first kappa shape index (κ1) is 14.0. The predicted molar refractivity (Wildman–Crippen MR) is 69.2 cm³/mol. The van der Waals surface area contributed by atoms with Gasteiger partial charge in [-0.3, -0.25) is 19.3 Å². The zero-order valence-electron chi connectivity index (χ0n) is 11.3. The second kappa shape index (κ2) is 6.14. The molecule has 3 amide bonds. The van der Waals surface area contributed by atoms with Gasteiger partial charge < -0.3 is 10.6 Å². The molecule has 1 saturated carbocycles. The number of hydrogen-bond donors (Lipinski definition) is 2. The first-order chi connectivity index (χ1) is 9.09. The number of imide groups is 1. The molecule has 2 rings (SSSR count). The van der Waals surface area contributed by atoms with Crippen molar-refractivity contribution in [3.05, 3.63) is 0 Å². The van der Waals surface area contributed by atoms with E-state index in [-0.39, 0.29) is 30.2 Å². The number of nitrogens with one attached hydrogen (secondary N) is 2. The first-order valence-electron chi connectivity index (χ1n) is 6.93. The fourth-order valence-corrected chi connectivity index (χ4v) is 2.84. The Balaban J connectivity index is 1.82. The van der Waals surface area contributed by atoms with Gasteiger partial charge in [0.05, 0.1) is 12.5 Å². The van der Waals surface area contributed by atoms with Crippen molar-refractivity contribution in [3.63, 3.8) is 0 Å². The highest BCUT2D eigenvalue weighted by Gasteiger charge is 2.42. The number of carbonyl (C=O) groups is 3. The van der Waals surface area contributed by atoms with E-state index in [9.17, 15) is 14.4 Å². The second-order valence-electron chi connectivity index (χ2n) is 5.23. The van der Waals surface area contributed by atoms with Crippen LogP contribution in [0.25, 0.3) is 0 Å². The fourth-order valence-electron chi connectivity index (χ4n) is 2.84. The van der Waals surface area contributed by atoms with Crippen LogP contribution in [0.1, 0.15) is 39.0 Å². The van der Waals surface area contributed by atoms with Gasteiger partial charge in [-0.05, 0) is 12.8 Å². The molecule has 0 aromatic heterocycles. The van der Waals surface area contributed by atoms with E-state index >= 15 is 0 Å². The van der Waals surface area contributed by atoms with Crippen LogP contribution in [0, 0.1) is 0 Å². The van der Waals surface area contributed by atoms with E-state index in [0.717, 1.165) is 25.7 Å². The van der Waals surface area contributed by atoms with Crippen LogP contribution in [0.15, 0.2) is 0 Å². The van der Waals surface area contributed by atoms with E-state index in [1.165, 1.54) is 11.8 Å². The smallest absolute Gasteiger partial charge is 0.247 e. The molecule has 1 heterocycles. The Morgan fingerprint density at radius 3 is 2.58 bits per heavy atom. The summed E-state index contributed by atoms with van der Waals surface area (Å²) in [7, 11) is 0. The molecule has 0 bridgehead atoms. The van der Waals surface area contributed by atoms with Gasteiger partial charge in [0.2, 0.25) is 17.7 Å². The SMILES string of the molecule is CC(=O)NCCNC1CC(=O)N(C2CCCC2)C1=O. The van der Waals surface area contributed by atoms with Crippen molar-refractivity contribution in [3.8, 4) is 0 Å². The summed E-state index contributed by atoms with van der Waals surface area (Å²) >= 11 is 0. The summed E-state index contributed by atoms with van der Waals surface area (Å²) in [4.78, 5) is 36.3. The average Bonchev–Trinajstić information content (AvgIpc) is 2.94. The zero-order valence-corrected chi connectivity index (χ0v) is 11.3. The Bertz CT molecular complexity index is 377. The third-order valence-corrected chi connectivity index (χ3v) is 3.76. The highest BCUT2D eigenvalue weighted by molar-refractivity contribution is 6.05. The van der Waals surface area contributed by atoms with Gasteiger partial charge in [-0.15, -0.1) is 0 Å². The van der Waals surface area contributed by atoms with Gasteiger partial charge in [0.15, 0.2) is 0 Å². The van der Waals surface area contributed by atoms with Crippen LogP contribution in [-0.2, 0) is 14.4 Å². The Hall–Kier alpha value is -1.43. The second-order valence-corrected chi connectivity index (χ2v) is 5.23. The van der Waals surface area contributed by atoms with E-state index in [0.29, 0.717) is 13.1 Å². The fraction of sp³-hybridized carbons (Fsp3) is 0.769. The Morgan fingerprint density at radius 1 is 1.26 bits per heavy atom. The molecule has 6 heteroatoms. The molecule has 6 nitrogen and oxygen atoms in total. The van der Waals surface area contributed by atoms with Crippen molar-refractivity contribution in [2.75, 3.05) is 13.1 Å². The number of nitrogens with zero attached hydrogens (tertiary/aromatic N) is 1. The number of likely N-dealkylation sites (tertiary alicyclic amines) is 1. The molecule has 1 saturated heterocycles. The van der Waals surface area contributed by atoms with Crippen molar-refractivity contribution in [2.45, 2.75) is 51.1 Å². The summed E-state index contributed by atoms with van der Waals surface area (Å²) < 4.78 is 0. The molecule has 2 fully saturated rings. The van der Waals surface area contributed by atoms with E-state index < -0.39 is 6.04 Å². The lowest BCUT2D eigenvalue weighted by atomic mass is 10.2. The molecule has 2 aliphatic rings. The normalized spacial score (nSPS) is 24.3. The van der Waals surface area contributed by atoms with Crippen LogP contribution in [-0.4, -0.2) is 47.8 Å². The van der Waals surface area contributed by atoms with Crippen LogP contribution in [0.5, 0.6) is 0 Å². The number of amides is 3. The quantitative estimate of drug-likeness (QED) is 0.533. The maximum Gasteiger partial charge on any atom is 0.247 e. The average molecular weight is 267 g/mol. The molecule has 1 aliphatic heterocycles. The van der Waals surface area contributed by atoms with Gasteiger partial charge in [0, 0.05) is 26.1 Å². The molecule has 0 spiro atoms. The van der Waals surface area contributed by atoms with E-state index in [1.54, 1.807) is 0 Å². The van der Waals surface area contributed by atoms with E-state index in [1.807, 2.05) is 0 Å². The summed E-state index contributed by atoms with van der Waals surface area (Å²) in [6, 6.07) is -0.302. The molecule has 0 aromatic carbocycles.